The normalized spacial score (nSPS) is 9.92. The Bertz CT molecular complexity index is 835. The highest BCUT2D eigenvalue weighted by molar-refractivity contribution is 5.99. The van der Waals surface area contributed by atoms with Crippen LogP contribution in [0.3, 0.4) is 0 Å². The Balaban J connectivity index is 2.06. The number of nitrogens with one attached hydrogen (secondary N) is 2. The van der Waals surface area contributed by atoms with Gasteiger partial charge in [-0.15, -0.1) is 0 Å². The zero-order chi connectivity index (χ0) is 19.1. The van der Waals surface area contributed by atoms with E-state index in [1.165, 1.54) is 20.1 Å². The van der Waals surface area contributed by atoms with Crippen LogP contribution >= 0.6 is 0 Å². The molecule has 4 N–H and O–H groups in total. The summed E-state index contributed by atoms with van der Waals surface area (Å²) in [5.74, 6) is -0.454. The smallest absolute Gasteiger partial charge is 0.262 e. The molecule has 0 aliphatic carbocycles. The third-order valence-corrected chi connectivity index (χ3v) is 3.30. The number of carbonyl (C=O) groups excluding carboxylic acids is 3. The molecular weight excluding hydrogens is 338 g/mol. The van der Waals surface area contributed by atoms with Gasteiger partial charge in [-0.1, -0.05) is 6.07 Å². The predicted molar refractivity (Wildman–Crippen MR) is 96.4 cm³/mol. The van der Waals surface area contributed by atoms with Crippen LogP contribution in [0.2, 0.25) is 0 Å². The van der Waals surface area contributed by atoms with Crippen molar-refractivity contribution >= 4 is 29.1 Å². The van der Waals surface area contributed by atoms with Gasteiger partial charge in [0.2, 0.25) is 11.8 Å². The minimum atomic E-state index is -0.587. The van der Waals surface area contributed by atoms with Crippen molar-refractivity contribution < 1.29 is 23.9 Å². The van der Waals surface area contributed by atoms with Gasteiger partial charge >= 0.3 is 0 Å². The summed E-state index contributed by atoms with van der Waals surface area (Å²) >= 11 is 0. The Morgan fingerprint density at radius 3 is 2.42 bits per heavy atom. The van der Waals surface area contributed by atoms with Gasteiger partial charge in [0.15, 0.2) is 6.61 Å². The molecule has 2 aromatic carbocycles. The lowest BCUT2D eigenvalue weighted by molar-refractivity contribution is -0.118. The molecule has 0 bridgehead atoms. The van der Waals surface area contributed by atoms with E-state index in [4.69, 9.17) is 15.2 Å². The summed E-state index contributed by atoms with van der Waals surface area (Å²) in [6.07, 6.45) is 0. The van der Waals surface area contributed by atoms with E-state index in [-0.39, 0.29) is 18.1 Å². The minimum Gasteiger partial charge on any atom is -0.497 e. The maximum absolute atomic E-state index is 12.2. The predicted octanol–water partition coefficient (Wildman–Crippen LogP) is 1.77. The number of hydrogen-bond donors (Lipinski definition) is 3. The molecule has 8 heteroatoms. The summed E-state index contributed by atoms with van der Waals surface area (Å²) in [4.78, 5) is 34.6. The first-order valence-electron chi connectivity index (χ1n) is 7.67. The monoisotopic (exact) mass is 357 g/mol. The highest BCUT2D eigenvalue weighted by Crippen LogP contribution is 2.27. The highest BCUT2D eigenvalue weighted by atomic mass is 16.5. The minimum absolute atomic E-state index is 0.273. The van der Waals surface area contributed by atoms with E-state index >= 15 is 0 Å². The molecule has 0 aliphatic rings. The molecule has 2 rings (SSSR count). The topological polar surface area (TPSA) is 120 Å². The van der Waals surface area contributed by atoms with Crippen LogP contribution in [0.5, 0.6) is 11.5 Å². The number of amides is 3. The quantitative estimate of drug-likeness (QED) is 0.697. The first kappa shape index (κ1) is 18.8. The van der Waals surface area contributed by atoms with E-state index in [0.717, 1.165) is 0 Å². The molecule has 0 unspecified atom stereocenters. The van der Waals surface area contributed by atoms with E-state index < -0.39 is 11.8 Å². The molecule has 3 amide bonds. The number of benzene rings is 2. The lowest BCUT2D eigenvalue weighted by Crippen LogP contribution is -2.21. The zero-order valence-corrected chi connectivity index (χ0v) is 14.4. The van der Waals surface area contributed by atoms with Crippen LogP contribution in [-0.2, 0) is 9.59 Å². The summed E-state index contributed by atoms with van der Waals surface area (Å²) in [7, 11) is 1.49. The number of rotatable bonds is 7. The van der Waals surface area contributed by atoms with E-state index in [0.29, 0.717) is 22.9 Å². The first-order chi connectivity index (χ1) is 12.4. The van der Waals surface area contributed by atoms with Crippen molar-refractivity contribution in [3.05, 3.63) is 48.0 Å². The second-order valence-corrected chi connectivity index (χ2v) is 5.32. The Labute approximate surface area is 150 Å². The molecule has 0 atom stereocenters. The number of ether oxygens (including phenoxy) is 2. The summed E-state index contributed by atoms with van der Waals surface area (Å²) in [6, 6.07) is 11.1. The van der Waals surface area contributed by atoms with Crippen LogP contribution in [0.15, 0.2) is 42.5 Å². The van der Waals surface area contributed by atoms with Gasteiger partial charge in [0.1, 0.15) is 11.5 Å². The van der Waals surface area contributed by atoms with Gasteiger partial charge < -0.3 is 25.8 Å². The molecule has 0 saturated carbocycles. The van der Waals surface area contributed by atoms with E-state index in [1.54, 1.807) is 36.4 Å². The van der Waals surface area contributed by atoms with Crippen molar-refractivity contribution in [2.24, 2.45) is 5.73 Å². The second-order valence-electron chi connectivity index (χ2n) is 5.32. The average molecular weight is 357 g/mol. The standard InChI is InChI=1S/C18H19N3O5/c1-11(22)20-15-7-6-13(25-2)9-16(15)21-17(23)10-26-14-5-3-4-12(8-14)18(19)24/h3-9H,10H2,1-2H3,(H2,19,24)(H,20,22)(H,21,23). The average Bonchev–Trinajstić information content (AvgIpc) is 2.61. The van der Waals surface area contributed by atoms with Crippen molar-refractivity contribution in [3.63, 3.8) is 0 Å². The van der Waals surface area contributed by atoms with E-state index in [1.807, 2.05) is 0 Å². The molecule has 0 spiro atoms. The molecule has 0 saturated heterocycles. The maximum Gasteiger partial charge on any atom is 0.262 e. The Morgan fingerprint density at radius 1 is 1.00 bits per heavy atom. The van der Waals surface area contributed by atoms with E-state index in [9.17, 15) is 14.4 Å². The molecule has 8 nitrogen and oxygen atoms in total. The van der Waals surface area contributed by atoms with Crippen LogP contribution in [0.1, 0.15) is 17.3 Å². The van der Waals surface area contributed by atoms with Gasteiger partial charge in [0.05, 0.1) is 18.5 Å². The number of anilines is 2. The molecule has 0 aromatic heterocycles. The first-order valence-corrected chi connectivity index (χ1v) is 7.67. The third kappa shape index (κ3) is 5.23. The largest absolute Gasteiger partial charge is 0.497 e. The van der Waals surface area contributed by atoms with Crippen molar-refractivity contribution in [3.8, 4) is 11.5 Å². The molecule has 136 valence electrons. The van der Waals surface area contributed by atoms with Crippen LogP contribution in [-0.4, -0.2) is 31.4 Å². The fourth-order valence-corrected chi connectivity index (χ4v) is 2.13. The third-order valence-electron chi connectivity index (χ3n) is 3.30. The fourth-order valence-electron chi connectivity index (χ4n) is 2.13. The molecular formula is C18H19N3O5. The van der Waals surface area contributed by atoms with Crippen molar-refractivity contribution in [1.82, 2.24) is 0 Å². The fraction of sp³-hybridized carbons (Fsp3) is 0.167. The summed E-state index contributed by atoms with van der Waals surface area (Å²) in [6.45, 7) is 1.07. The van der Waals surface area contributed by atoms with Crippen LogP contribution in [0.4, 0.5) is 11.4 Å². The van der Waals surface area contributed by atoms with Crippen LogP contribution in [0.25, 0.3) is 0 Å². The van der Waals surface area contributed by atoms with E-state index in [2.05, 4.69) is 10.6 Å². The number of carbonyl (C=O) groups is 3. The maximum atomic E-state index is 12.2. The van der Waals surface area contributed by atoms with Gasteiger partial charge in [0.25, 0.3) is 5.91 Å². The van der Waals surface area contributed by atoms with Crippen LogP contribution in [0, 0.1) is 0 Å². The van der Waals surface area contributed by atoms with Gasteiger partial charge in [0, 0.05) is 18.6 Å². The highest BCUT2D eigenvalue weighted by Gasteiger charge is 2.11. The van der Waals surface area contributed by atoms with Gasteiger partial charge in [-0.2, -0.15) is 0 Å². The van der Waals surface area contributed by atoms with Crippen molar-refractivity contribution in [1.29, 1.82) is 0 Å². The molecule has 0 radical (unpaired) electrons. The number of hydrogen-bond acceptors (Lipinski definition) is 5. The molecule has 0 aliphatic heterocycles. The SMILES string of the molecule is COc1ccc(NC(C)=O)c(NC(=O)COc2cccc(C(N)=O)c2)c1. The second kappa shape index (κ2) is 8.52. The lowest BCUT2D eigenvalue weighted by atomic mass is 10.2. The number of methoxy groups -OCH3 is 1. The summed E-state index contributed by atoms with van der Waals surface area (Å²) in [5, 5.41) is 5.27. The van der Waals surface area contributed by atoms with Crippen molar-refractivity contribution in [2.75, 3.05) is 24.4 Å². The Morgan fingerprint density at radius 2 is 1.77 bits per heavy atom. The van der Waals surface area contributed by atoms with Crippen molar-refractivity contribution in [2.45, 2.75) is 6.92 Å². The van der Waals surface area contributed by atoms with Crippen LogP contribution < -0.4 is 25.8 Å². The van der Waals surface area contributed by atoms with Gasteiger partial charge in [-0.05, 0) is 30.3 Å². The summed E-state index contributed by atoms with van der Waals surface area (Å²) < 4.78 is 10.5. The molecule has 0 fully saturated rings. The lowest BCUT2D eigenvalue weighted by Gasteiger charge is -2.13. The number of nitrogens with two attached hydrogens (primary N) is 1. The Hall–Kier alpha value is -3.55. The molecule has 0 heterocycles. The zero-order valence-electron chi connectivity index (χ0n) is 14.4. The molecule has 2 aromatic rings. The number of primary amides is 1. The Kier molecular flexibility index (Phi) is 6.15. The van der Waals surface area contributed by atoms with Gasteiger partial charge in [-0.3, -0.25) is 14.4 Å². The van der Waals surface area contributed by atoms with Gasteiger partial charge in [-0.25, -0.2) is 0 Å². The molecule has 26 heavy (non-hydrogen) atoms. The summed E-state index contributed by atoms with van der Waals surface area (Å²) in [5.41, 5.74) is 6.29.